The molecule has 186 valence electrons. The Hall–Kier alpha value is -3.02. The number of nitrogens with zero attached hydrogens (tertiary/aromatic N) is 2. The third kappa shape index (κ3) is 5.72. The molecule has 3 N–H and O–H groups in total. The van der Waals surface area contributed by atoms with E-state index in [1.54, 1.807) is 0 Å². The lowest BCUT2D eigenvalue weighted by atomic mass is 9.94. The van der Waals surface area contributed by atoms with E-state index >= 15 is 0 Å². The van der Waals surface area contributed by atoms with Crippen LogP contribution in [0.25, 0.3) is 0 Å². The molecule has 1 heterocycles. The van der Waals surface area contributed by atoms with Crippen LogP contribution in [0.3, 0.4) is 0 Å². The van der Waals surface area contributed by atoms with Gasteiger partial charge in [-0.05, 0) is 50.3 Å². The van der Waals surface area contributed by atoms with Crippen molar-refractivity contribution in [1.82, 2.24) is 15.3 Å². The maximum Gasteiger partial charge on any atom is 0.573 e. The number of primary amides is 1. The fourth-order valence-corrected chi connectivity index (χ4v) is 4.15. The fourth-order valence-electron chi connectivity index (χ4n) is 4.03. The molecule has 1 saturated carbocycles. The van der Waals surface area contributed by atoms with Gasteiger partial charge in [-0.15, -0.1) is 24.8 Å². The Morgan fingerprint density at radius 3 is 2.38 bits per heavy atom. The van der Waals surface area contributed by atoms with Gasteiger partial charge in [-0.25, -0.2) is 5.01 Å². The standard InChI is InChI=1S/C21H24ClF3N4O5/c1-12(22)18(32)29(11-16(26)30)27-17(31)15-3-2-10-28(15)19(33)20(8-9-20)13-4-6-14(7-5-13)34-21(23,24)25/h4-7,12,15H,2-3,8-11H2,1H3,(H2,26,30)(H,27,31)/t12-,15-/m0/s1. The number of nitrogens with two attached hydrogens (primary N) is 1. The number of amides is 4. The predicted molar refractivity (Wildman–Crippen MR) is 113 cm³/mol. The number of hydrogen-bond donors (Lipinski definition) is 2. The Morgan fingerprint density at radius 1 is 1.26 bits per heavy atom. The Balaban J connectivity index is 1.73. The van der Waals surface area contributed by atoms with Crippen molar-refractivity contribution in [1.29, 1.82) is 0 Å². The number of benzene rings is 1. The van der Waals surface area contributed by atoms with Crippen LogP contribution in [0, 0.1) is 0 Å². The highest BCUT2D eigenvalue weighted by Crippen LogP contribution is 2.50. The predicted octanol–water partition coefficient (Wildman–Crippen LogP) is 1.58. The SMILES string of the molecule is C[C@H](Cl)C(=O)N(CC(N)=O)NC(=O)[C@@H]1CCCN1C(=O)C1(c2ccc(OC(F)(F)F)cc2)CC1. The summed E-state index contributed by atoms with van der Waals surface area (Å²) in [5.41, 5.74) is 7.08. The van der Waals surface area contributed by atoms with Gasteiger partial charge in [0.25, 0.3) is 11.8 Å². The van der Waals surface area contributed by atoms with Gasteiger partial charge in [-0.3, -0.25) is 24.6 Å². The van der Waals surface area contributed by atoms with Crippen LogP contribution in [0.5, 0.6) is 5.75 Å². The molecule has 0 aromatic heterocycles. The van der Waals surface area contributed by atoms with Gasteiger partial charge in [0.05, 0.1) is 5.41 Å². The minimum absolute atomic E-state index is 0.295. The molecular formula is C21H24ClF3N4O5. The van der Waals surface area contributed by atoms with Gasteiger partial charge < -0.3 is 15.4 Å². The molecule has 2 atom stereocenters. The summed E-state index contributed by atoms with van der Waals surface area (Å²) < 4.78 is 41.1. The Morgan fingerprint density at radius 2 is 1.88 bits per heavy atom. The van der Waals surface area contributed by atoms with Crippen LogP contribution < -0.4 is 15.9 Å². The normalized spacial score (nSPS) is 19.8. The van der Waals surface area contributed by atoms with Crippen LogP contribution in [-0.2, 0) is 24.6 Å². The van der Waals surface area contributed by atoms with E-state index in [1.165, 1.54) is 24.0 Å². The van der Waals surface area contributed by atoms with Crippen LogP contribution in [0.4, 0.5) is 13.2 Å². The number of nitrogens with one attached hydrogen (secondary N) is 1. The molecule has 1 aliphatic carbocycles. The average molecular weight is 505 g/mol. The topological polar surface area (TPSA) is 122 Å². The number of carbonyl (C=O) groups excluding carboxylic acids is 4. The van der Waals surface area contributed by atoms with Crippen molar-refractivity contribution in [3.63, 3.8) is 0 Å². The summed E-state index contributed by atoms with van der Waals surface area (Å²) in [6, 6.07) is 4.21. The smallest absolute Gasteiger partial charge is 0.406 e. The van der Waals surface area contributed by atoms with Crippen LogP contribution >= 0.6 is 11.6 Å². The van der Waals surface area contributed by atoms with E-state index < -0.39 is 53.2 Å². The van der Waals surface area contributed by atoms with E-state index in [0.717, 1.165) is 17.1 Å². The van der Waals surface area contributed by atoms with Crippen molar-refractivity contribution >= 4 is 35.2 Å². The zero-order valence-electron chi connectivity index (χ0n) is 18.2. The van der Waals surface area contributed by atoms with E-state index in [1.807, 2.05) is 0 Å². The number of carbonyl (C=O) groups is 4. The third-order valence-corrected chi connectivity index (χ3v) is 5.97. The highest BCUT2D eigenvalue weighted by atomic mass is 35.5. The first-order valence-corrected chi connectivity index (χ1v) is 11.0. The molecule has 9 nitrogen and oxygen atoms in total. The Bertz CT molecular complexity index is 966. The Kier molecular flexibility index (Phi) is 7.29. The summed E-state index contributed by atoms with van der Waals surface area (Å²) >= 11 is 5.78. The minimum atomic E-state index is -4.82. The van der Waals surface area contributed by atoms with Crippen molar-refractivity contribution in [3.8, 4) is 5.75 Å². The number of ether oxygens (including phenoxy) is 1. The zero-order chi connectivity index (χ0) is 25.3. The first-order valence-electron chi connectivity index (χ1n) is 10.6. The van der Waals surface area contributed by atoms with Gasteiger partial charge >= 0.3 is 6.36 Å². The number of hydrazine groups is 1. The quantitative estimate of drug-likeness (QED) is 0.431. The van der Waals surface area contributed by atoms with E-state index in [-0.39, 0.29) is 5.91 Å². The summed E-state index contributed by atoms with van der Waals surface area (Å²) in [7, 11) is 0. The van der Waals surface area contributed by atoms with Gasteiger partial charge in [0.1, 0.15) is 23.7 Å². The lowest BCUT2D eigenvalue weighted by molar-refractivity contribution is -0.274. The van der Waals surface area contributed by atoms with E-state index in [9.17, 15) is 32.3 Å². The van der Waals surface area contributed by atoms with Crippen LogP contribution in [0.1, 0.15) is 38.2 Å². The van der Waals surface area contributed by atoms with E-state index in [4.69, 9.17) is 17.3 Å². The number of alkyl halides is 4. The fraction of sp³-hybridized carbons (Fsp3) is 0.524. The molecule has 1 aliphatic heterocycles. The highest BCUT2D eigenvalue weighted by Gasteiger charge is 2.55. The zero-order valence-corrected chi connectivity index (χ0v) is 19.0. The lowest BCUT2D eigenvalue weighted by Crippen LogP contribution is -2.57. The molecule has 0 spiro atoms. The molecule has 1 aromatic rings. The molecule has 13 heteroatoms. The van der Waals surface area contributed by atoms with E-state index in [2.05, 4.69) is 10.2 Å². The molecular weight excluding hydrogens is 481 g/mol. The first kappa shape index (κ1) is 25.6. The molecule has 0 radical (unpaired) electrons. The number of rotatable bonds is 7. The van der Waals surface area contributed by atoms with Gasteiger partial charge in [-0.2, -0.15) is 0 Å². The molecule has 1 saturated heterocycles. The molecule has 1 aromatic carbocycles. The third-order valence-electron chi connectivity index (χ3n) is 5.78. The van der Waals surface area contributed by atoms with Gasteiger partial charge in [0.2, 0.25) is 11.8 Å². The van der Waals surface area contributed by atoms with Gasteiger partial charge in [0, 0.05) is 6.54 Å². The second kappa shape index (κ2) is 9.69. The summed E-state index contributed by atoms with van der Waals surface area (Å²) in [4.78, 5) is 51.3. The van der Waals surface area contributed by atoms with Crippen molar-refractivity contribution in [2.75, 3.05) is 13.1 Å². The molecule has 2 aliphatic rings. The van der Waals surface area contributed by atoms with Gasteiger partial charge in [-0.1, -0.05) is 12.1 Å². The van der Waals surface area contributed by atoms with Crippen molar-refractivity contribution in [2.24, 2.45) is 5.73 Å². The van der Waals surface area contributed by atoms with Crippen LogP contribution in [0.2, 0.25) is 0 Å². The maximum absolute atomic E-state index is 13.4. The van der Waals surface area contributed by atoms with Crippen molar-refractivity contribution < 1.29 is 37.1 Å². The largest absolute Gasteiger partial charge is 0.573 e. The molecule has 2 fully saturated rings. The average Bonchev–Trinajstić information content (AvgIpc) is 3.40. The summed E-state index contributed by atoms with van der Waals surface area (Å²) in [6.45, 7) is 1.08. The van der Waals surface area contributed by atoms with Crippen molar-refractivity contribution in [2.45, 2.75) is 55.8 Å². The monoisotopic (exact) mass is 504 g/mol. The van der Waals surface area contributed by atoms with E-state index in [0.29, 0.717) is 37.8 Å². The second-order valence-electron chi connectivity index (χ2n) is 8.29. The molecule has 34 heavy (non-hydrogen) atoms. The summed E-state index contributed by atoms with van der Waals surface area (Å²) in [5.74, 6) is -2.98. The number of hydrogen-bond acceptors (Lipinski definition) is 5. The molecule has 0 unspecified atom stereocenters. The maximum atomic E-state index is 13.4. The van der Waals surface area contributed by atoms with Crippen LogP contribution in [-0.4, -0.2) is 64.4 Å². The molecule has 4 amide bonds. The molecule has 0 bridgehead atoms. The Labute approximate surface area is 198 Å². The number of halogens is 4. The minimum Gasteiger partial charge on any atom is -0.406 e. The van der Waals surface area contributed by atoms with Crippen molar-refractivity contribution in [3.05, 3.63) is 29.8 Å². The summed E-state index contributed by atoms with van der Waals surface area (Å²) in [6.07, 6.45) is -3.00. The first-order chi connectivity index (χ1) is 15.8. The second-order valence-corrected chi connectivity index (χ2v) is 8.95. The molecule has 3 rings (SSSR count). The lowest BCUT2D eigenvalue weighted by Gasteiger charge is -2.31. The van der Waals surface area contributed by atoms with Crippen LogP contribution in [0.15, 0.2) is 24.3 Å². The summed E-state index contributed by atoms with van der Waals surface area (Å²) in [5, 5.41) is -0.296. The van der Waals surface area contributed by atoms with Gasteiger partial charge in [0.15, 0.2) is 0 Å². The number of likely N-dealkylation sites (tertiary alicyclic amines) is 1. The highest BCUT2D eigenvalue weighted by molar-refractivity contribution is 6.30.